The highest BCUT2D eigenvalue weighted by Gasteiger charge is 2.04. The van der Waals surface area contributed by atoms with E-state index in [1.807, 2.05) is 12.2 Å². The monoisotopic (exact) mass is 171 g/mol. The van der Waals surface area contributed by atoms with Gasteiger partial charge in [-0.25, -0.2) is 0 Å². The van der Waals surface area contributed by atoms with Crippen LogP contribution < -0.4 is 4.99 Å². The summed E-state index contributed by atoms with van der Waals surface area (Å²) >= 11 is 0. The lowest BCUT2D eigenvalue weighted by atomic mass is 10.4. The molecule has 1 aliphatic heterocycles. The van der Waals surface area contributed by atoms with Gasteiger partial charge < -0.3 is 20.1 Å². The molecule has 0 saturated carbocycles. The highest BCUT2D eigenvalue weighted by molar-refractivity contribution is 5.72. The van der Waals surface area contributed by atoms with Crippen molar-refractivity contribution in [3.63, 3.8) is 0 Å². The Kier molecular flexibility index (Phi) is 4.99. The van der Waals surface area contributed by atoms with Gasteiger partial charge in [0.05, 0.1) is 18.3 Å². The van der Waals surface area contributed by atoms with Crippen LogP contribution in [0.15, 0.2) is 24.1 Å². The largest absolute Gasteiger partial charge is 0.443 e. The first kappa shape index (κ1) is 10.2. The number of rotatable bonds is 1. The van der Waals surface area contributed by atoms with E-state index in [-0.39, 0.29) is 0 Å². The number of aliphatic imine (C=N–C) groups is 1. The smallest absolute Gasteiger partial charge is 0.434 e. The lowest BCUT2D eigenvalue weighted by molar-refractivity contribution is -0.402. The Hall–Kier alpha value is -1.85. The molecule has 0 N–H and O–H groups in total. The van der Waals surface area contributed by atoms with Crippen LogP contribution >= 0.6 is 0 Å². The van der Waals surface area contributed by atoms with Crippen molar-refractivity contribution in [3.05, 3.63) is 39.4 Å². The quantitative estimate of drug-likeness (QED) is 0.416. The van der Waals surface area contributed by atoms with Crippen LogP contribution in [-0.2, 0) is 4.74 Å². The highest BCUT2D eigenvalue weighted by atomic mass is 16.9. The average molecular weight is 171 g/mol. The molecule has 0 bridgehead atoms. The minimum atomic E-state index is -1.75. The number of methoxy groups -OCH3 is 1. The summed E-state index contributed by atoms with van der Waals surface area (Å²) in [6.07, 6.45) is 7.23. The molecule has 0 aromatic rings. The standard InChI is InChI=1S/C6H7NO.NO3/c1-8-6-4-2-3-5-7-6;2-1(3)4/h2-5H,1H3;/q+1;-1. The number of ether oxygens (including phenoxy) is 1. The van der Waals surface area contributed by atoms with Gasteiger partial charge in [0.15, 0.2) is 0 Å². The summed E-state index contributed by atoms with van der Waals surface area (Å²) in [5.41, 5.74) is 0. The fraction of sp³-hybridized carbons (Fsp3) is 0.167. The van der Waals surface area contributed by atoms with Gasteiger partial charge in [-0.1, -0.05) is 0 Å². The van der Waals surface area contributed by atoms with Gasteiger partial charge in [-0.15, -0.1) is 0 Å². The molecule has 12 heavy (non-hydrogen) atoms. The fourth-order valence-corrected chi connectivity index (χ4v) is 0.468. The lowest BCUT2D eigenvalue weighted by Gasteiger charge is -1.84. The maximum absolute atomic E-state index is 8.25. The summed E-state index contributed by atoms with van der Waals surface area (Å²) in [6, 6.07) is 0. The van der Waals surface area contributed by atoms with Gasteiger partial charge in [0.25, 0.3) is 0 Å². The van der Waals surface area contributed by atoms with Crippen LogP contribution in [0, 0.1) is 15.3 Å². The number of nitrogens with zero attached hydrogens (tertiary/aromatic N) is 2. The molecule has 6 heteroatoms. The minimum Gasteiger partial charge on any atom is -0.443 e. The van der Waals surface area contributed by atoms with Crippen molar-refractivity contribution in [1.82, 2.24) is 4.99 Å². The van der Waals surface area contributed by atoms with E-state index in [1.54, 1.807) is 19.4 Å². The van der Waals surface area contributed by atoms with Crippen LogP contribution in [0.3, 0.4) is 0 Å². The second-order valence-corrected chi connectivity index (χ2v) is 1.60. The maximum atomic E-state index is 8.25. The molecule has 1 aliphatic rings. The van der Waals surface area contributed by atoms with Gasteiger partial charge in [-0.3, -0.25) is 0 Å². The van der Waals surface area contributed by atoms with Crippen molar-refractivity contribution in [2.75, 3.05) is 7.11 Å². The zero-order chi connectivity index (χ0) is 9.40. The fourth-order valence-electron chi connectivity index (χ4n) is 0.468. The first-order chi connectivity index (χ1) is 5.66. The summed E-state index contributed by atoms with van der Waals surface area (Å²) in [6.45, 7) is 0. The van der Waals surface area contributed by atoms with Gasteiger partial charge in [0.2, 0.25) is 6.21 Å². The predicted octanol–water partition coefficient (Wildman–Crippen LogP) is 0.211. The van der Waals surface area contributed by atoms with E-state index in [0.717, 1.165) is 0 Å². The lowest BCUT2D eigenvalue weighted by Crippen LogP contribution is -1.97. The molecule has 1 radical (unpaired) electrons. The molecule has 0 fully saturated rings. The zero-order valence-electron chi connectivity index (χ0n) is 6.34. The molecule has 0 spiro atoms. The topological polar surface area (TPSA) is 89.5 Å². The number of allylic oxidation sites excluding steroid dienone is 3. The van der Waals surface area contributed by atoms with E-state index < -0.39 is 5.09 Å². The van der Waals surface area contributed by atoms with E-state index in [9.17, 15) is 0 Å². The molecule has 0 aromatic heterocycles. The van der Waals surface area contributed by atoms with Gasteiger partial charge in [0, 0.05) is 6.08 Å². The van der Waals surface area contributed by atoms with Gasteiger partial charge in [0.1, 0.15) is 4.99 Å². The van der Waals surface area contributed by atoms with Crippen molar-refractivity contribution in [3.8, 4) is 0 Å². The summed E-state index contributed by atoms with van der Waals surface area (Å²) in [5.74, 6) is 0.660. The number of hydrogen-bond donors (Lipinski definition) is 0. The van der Waals surface area contributed by atoms with Crippen LogP contribution in [0.25, 0.3) is 0 Å². The molecule has 6 nitrogen and oxygen atoms in total. The van der Waals surface area contributed by atoms with E-state index in [1.165, 1.54) is 0 Å². The van der Waals surface area contributed by atoms with E-state index in [0.29, 0.717) is 5.88 Å². The van der Waals surface area contributed by atoms with Crippen molar-refractivity contribution in [1.29, 1.82) is 0 Å². The summed E-state index contributed by atoms with van der Waals surface area (Å²) in [5, 5.41) is 14.8. The van der Waals surface area contributed by atoms with Crippen molar-refractivity contribution >= 4 is 6.21 Å². The third-order valence-electron chi connectivity index (χ3n) is 0.847. The summed E-state index contributed by atoms with van der Waals surface area (Å²) < 4.78 is 4.80. The highest BCUT2D eigenvalue weighted by Crippen LogP contribution is 1.91. The van der Waals surface area contributed by atoms with Crippen molar-refractivity contribution in [2.45, 2.75) is 0 Å². The van der Waals surface area contributed by atoms with Crippen LogP contribution in [-0.4, -0.2) is 18.4 Å². The summed E-state index contributed by atoms with van der Waals surface area (Å²) in [7, 11) is 1.60. The minimum absolute atomic E-state index is 0.660. The molecule has 0 amide bonds. The molecular weight excluding hydrogens is 164 g/mol. The van der Waals surface area contributed by atoms with Crippen LogP contribution in [0.2, 0.25) is 0 Å². The van der Waals surface area contributed by atoms with Crippen molar-refractivity contribution in [2.24, 2.45) is 0 Å². The Balaban J connectivity index is 0.000000261. The number of hydrogen-bond acceptors (Lipinski definition) is 5. The van der Waals surface area contributed by atoms with Crippen molar-refractivity contribution < 1.29 is 9.82 Å². The second-order valence-electron chi connectivity index (χ2n) is 1.60. The Morgan fingerprint density at radius 1 is 1.50 bits per heavy atom. The molecule has 0 aliphatic carbocycles. The third kappa shape index (κ3) is 6.27. The van der Waals surface area contributed by atoms with Gasteiger partial charge in [-0.05, 0) is 6.08 Å². The van der Waals surface area contributed by atoms with Crippen LogP contribution in [0.1, 0.15) is 0 Å². The maximum Gasteiger partial charge on any atom is 0.434 e. The predicted molar refractivity (Wildman–Crippen MR) is 42.8 cm³/mol. The zero-order valence-corrected chi connectivity index (χ0v) is 6.34. The first-order valence-electron chi connectivity index (χ1n) is 2.93. The molecule has 0 unspecified atom stereocenters. The molecule has 0 aromatic carbocycles. The average Bonchev–Trinajstić information content (AvgIpc) is 2.05. The third-order valence-corrected chi connectivity index (χ3v) is 0.847. The molecular formula is C6H7N2O4. The Labute approximate surface area is 68.6 Å². The Morgan fingerprint density at radius 3 is 2.33 bits per heavy atom. The molecule has 1 heterocycles. The normalized spacial score (nSPS) is 12.6. The molecule has 65 valence electrons. The van der Waals surface area contributed by atoms with E-state index in [4.69, 9.17) is 20.1 Å². The van der Waals surface area contributed by atoms with E-state index >= 15 is 0 Å². The second kappa shape index (κ2) is 5.90. The SMILES string of the molecule is COC1=CC=CC=[N+]1.O=[N+]([O-])[O-]. The van der Waals surface area contributed by atoms with Crippen LogP contribution in [0.5, 0.6) is 0 Å². The first-order valence-corrected chi connectivity index (χ1v) is 2.93. The van der Waals surface area contributed by atoms with Gasteiger partial charge in [-0.2, -0.15) is 0 Å². The molecule has 0 atom stereocenters. The van der Waals surface area contributed by atoms with Crippen LogP contribution in [0.4, 0.5) is 0 Å². The Bertz CT molecular complexity index is 228. The van der Waals surface area contributed by atoms with Gasteiger partial charge >= 0.3 is 5.88 Å². The summed E-state index contributed by atoms with van der Waals surface area (Å²) in [4.78, 5) is 12.1. The molecule has 1 rings (SSSR count). The Morgan fingerprint density at radius 2 is 2.08 bits per heavy atom. The van der Waals surface area contributed by atoms with E-state index in [2.05, 4.69) is 4.99 Å². The molecule has 0 saturated heterocycles.